The van der Waals surface area contributed by atoms with E-state index in [4.69, 9.17) is 10.5 Å². The van der Waals surface area contributed by atoms with Crippen LogP contribution in [0.2, 0.25) is 0 Å². The van der Waals surface area contributed by atoms with Crippen LogP contribution in [0.25, 0.3) is 0 Å². The van der Waals surface area contributed by atoms with Crippen molar-refractivity contribution in [3.05, 3.63) is 0 Å². The van der Waals surface area contributed by atoms with E-state index in [1.165, 1.54) is 57.8 Å². The minimum atomic E-state index is 0. The van der Waals surface area contributed by atoms with Gasteiger partial charge in [0.1, 0.15) is 0 Å². The summed E-state index contributed by atoms with van der Waals surface area (Å²) in [6.45, 7) is 4.06. The van der Waals surface area contributed by atoms with Gasteiger partial charge in [0.15, 0.2) is 5.96 Å². The van der Waals surface area contributed by atoms with Crippen LogP contribution >= 0.6 is 24.0 Å². The maximum Gasteiger partial charge on any atom is 0.188 e. The SMILES string of the molecule is CCCCCCCCN=C(N)NC1C2CCOC2C12CCC2.I. The number of rotatable bonds is 8. The smallest absolute Gasteiger partial charge is 0.188 e. The van der Waals surface area contributed by atoms with E-state index in [2.05, 4.69) is 17.2 Å². The van der Waals surface area contributed by atoms with E-state index in [9.17, 15) is 0 Å². The molecular formula is C18H34IN3O. The molecule has 1 aliphatic heterocycles. The Morgan fingerprint density at radius 2 is 1.96 bits per heavy atom. The number of hydrogen-bond donors (Lipinski definition) is 2. The van der Waals surface area contributed by atoms with Crippen LogP contribution in [-0.2, 0) is 4.74 Å². The molecule has 3 aliphatic rings. The third-order valence-corrected chi connectivity index (χ3v) is 6.13. The number of nitrogens with two attached hydrogens (primary N) is 1. The van der Waals surface area contributed by atoms with Gasteiger partial charge in [0.2, 0.25) is 0 Å². The fourth-order valence-electron chi connectivity index (χ4n) is 4.75. The van der Waals surface area contributed by atoms with Crippen molar-refractivity contribution in [2.75, 3.05) is 13.2 Å². The fourth-order valence-corrected chi connectivity index (χ4v) is 4.75. The molecule has 3 atom stereocenters. The number of hydrogen-bond acceptors (Lipinski definition) is 2. The molecule has 0 aromatic heterocycles. The standard InChI is InChI=1S/C18H33N3O.HI/c1-2-3-4-5-6-7-12-20-17(19)21-15-14-9-13-22-16(14)18(15)10-8-11-18;/h14-16H,2-13H2,1H3,(H3,19,20,21);1H. The van der Waals surface area contributed by atoms with Gasteiger partial charge in [0.05, 0.1) is 6.10 Å². The highest BCUT2D eigenvalue weighted by Gasteiger charge is 2.66. The van der Waals surface area contributed by atoms with E-state index >= 15 is 0 Å². The highest BCUT2D eigenvalue weighted by Crippen LogP contribution is 2.62. The summed E-state index contributed by atoms with van der Waals surface area (Å²) in [5, 5.41) is 3.54. The first-order valence-corrected chi connectivity index (χ1v) is 9.46. The van der Waals surface area contributed by atoms with Crippen LogP contribution in [0.3, 0.4) is 0 Å². The topological polar surface area (TPSA) is 59.6 Å². The van der Waals surface area contributed by atoms with Gasteiger partial charge < -0.3 is 15.8 Å². The predicted octanol–water partition coefficient (Wildman–Crippen LogP) is 3.83. The summed E-state index contributed by atoms with van der Waals surface area (Å²) in [7, 11) is 0. The molecule has 4 nitrogen and oxygen atoms in total. The number of aliphatic imine (C=N–C) groups is 1. The largest absolute Gasteiger partial charge is 0.377 e. The molecule has 5 heteroatoms. The van der Waals surface area contributed by atoms with Gasteiger partial charge >= 0.3 is 0 Å². The van der Waals surface area contributed by atoms with E-state index in [-0.39, 0.29) is 24.0 Å². The summed E-state index contributed by atoms with van der Waals surface area (Å²) in [5.74, 6) is 1.33. The number of guanidine groups is 1. The second-order valence-electron chi connectivity index (χ2n) is 7.49. The van der Waals surface area contributed by atoms with Gasteiger partial charge in [0.25, 0.3) is 0 Å². The van der Waals surface area contributed by atoms with Crippen LogP contribution in [0.1, 0.15) is 71.1 Å². The molecule has 134 valence electrons. The maximum absolute atomic E-state index is 6.13. The second-order valence-corrected chi connectivity index (χ2v) is 7.49. The minimum absolute atomic E-state index is 0. The molecule has 0 radical (unpaired) electrons. The Hall–Kier alpha value is -0.0400. The summed E-state index contributed by atoms with van der Waals surface area (Å²) >= 11 is 0. The van der Waals surface area contributed by atoms with Crippen molar-refractivity contribution in [1.29, 1.82) is 0 Å². The number of fused-ring (bicyclic) bond motifs is 2. The lowest BCUT2D eigenvalue weighted by Crippen LogP contribution is -2.72. The van der Waals surface area contributed by atoms with Crippen molar-refractivity contribution in [1.82, 2.24) is 5.32 Å². The Morgan fingerprint density at radius 1 is 1.22 bits per heavy atom. The quantitative estimate of drug-likeness (QED) is 0.264. The van der Waals surface area contributed by atoms with Crippen molar-refractivity contribution in [3.8, 4) is 0 Å². The Balaban J connectivity index is 0.00000192. The molecule has 0 amide bonds. The molecule has 1 saturated heterocycles. The Kier molecular flexibility index (Phi) is 7.45. The third-order valence-electron chi connectivity index (χ3n) is 6.13. The summed E-state index contributed by atoms with van der Waals surface area (Å²) in [6.07, 6.45) is 13.5. The summed E-state index contributed by atoms with van der Waals surface area (Å²) in [6, 6.07) is 0.516. The highest BCUT2D eigenvalue weighted by molar-refractivity contribution is 14.0. The average molecular weight is 435 g/mol. The number of unbranched alkanes of at least 4 members (excludes halogenated alkanes) is 5. The van der Waals surface area contributed by atoms with E-state index in [1.54, 1.807) is 0 Å². The number of nitrogens with zero attached hydrogens (tertiary/aromatic N) is 1. The lowest BCUT2D eigenvalue weighted by Gasteiger charge is -2.63. The first-order valence-electron chi connectivity index (χ1n) is 9.46. The van der Waals surface area contributed by atoms with Crippen LogP contribution < -0.4 is 11.1 Å². The van der Waals surface area contributed by atoms with Crippen LogP contribution in [-0.4, -0.2) is 31.3 Å². The van der Waals surface area contributed by atoms with Gasteiger partial charge in [-0.3, -0.25) is 4.99 Å². The van der Waals surface area contributed by atoms with Crippen LogP contribution in [0, 0.1) is 11.3 Å². The summed E-state index contributed by atoms with van der Waals surface area (Å²) in [4.78, 5) is 4.54. The molecule has 2 saturated carbocycles. The minimum Gasteiger partial charge on any atom is -0.377 e. The van der Waals surface area contributed by atoms with Crippen LogP contribution in [0.5, 0.6) is 0 Å². The second kappa shape index (κ2) is 8.88. The summed E-state index contributed by atoms with van der Waals surface area (Å²) < 4.78 is 5.95. The summed E-state index contributed by atoms with van der Waals surface area (Å²) in [5.41, 5.74) is 6.52. The molecule has 1 heterocycles. The van der Waals surface area contributed by atoms with Crippen LogP contribution in [0.4, 0.5) is 0 Å². The Morgan fingerprint density at radius 3 is 2.65 bits per heavy atom. The lowest BCUT2D eigenvalue weighted by molar-refractivity contribution is -0.171. The van der Waals surface area contributed by atoms with E-state index in [0.29, 0.717) is 29.4 Å². The number of nitrogens with one attached hydrogen (secondary N) is 1. The van der Waals surface area contributed by atoms with Gasteiger partial charge in [-0.15, -0.1) is 24.0 Å². The average Bonchev–Trinajstić information content (AvgIpc) is 2.87. The number of ether oxygens (including phenoxy) is 1. The first kappa shape index (κ1) is 19.3. The first-order chi connectivity index (χ1) is 10.8. The molecule has 1 spiro atoms. The molecule has 0 aromatic rings. The van der Waals surface area contributed by atoms with E-state index in [0.717, 1.165) is 19.6 Å². The van der Waals surface area contributed by atoms with Gasteiger partial charge in [-0.2, -0.15) is 0 Å². The van der Waals surface area contributed by atoms with Gasteiger partial charge in [-0.05, 0) is 25.7 Å². The van der Waals surface area contributed by atoms with Crippen LogP contribution in [0.15, 0.2) is 4.99 Å². The number of halogens is 1. The normalized spacial score (nSPS) is 31.0. The van der Waals surface area contributed by atoms with Crippen molar-refractivity contribution < 1.29 is 4.74 Å². The predicted molar refractivity (Wildman–Crippen MR) is 106 cm³/mol. The van der Waals surface area contributed by atoms with Gasteiger partial charge in [-0.25, -0.2) is 0 Å². The molecule has 3 unspecified atom stereocenters. The monoisotopic (exact) mass is 435 g/mol. The molecular weight excluding hydrogens is 401 g/mol. The zero-order valence-electron chi connectivity index (χ0n) is 14.6. The Labute approximate surface area is 158 Å². The maximum atomic E-state index is 6.13. The molecule has 0 bridgehead atoms. The van der Waals surface area contributed by atoms with Crippen molar-refractivity contribution in [2.24, 2.45) is 22.1 Å². The molecule has 2 aliphatic carbocycles. The fraction of sp³-hybridized carbons (Fsp3) is 0.944. The highest BCUT2D eigenvalue weighted by atomic mass is 127. The molecule has 0 aromatic carbocycles. The van der Waals surface area contributed by atoms with Gasteiger partial charge in [-0.1, -0.05) is 45.4 Å². The molecule has 23 heavy (non-hydrogen) atoms. The van der Waals surface area contributed by atoms with Crippen molar-refractivity contribution in [2.45, 2.75) is 83.3 Å². The molecule has 3 N–H and O–H groups in total. The third kappa shape index (κ3) is 3.97. The molecule has 3 rings (SSSR count). The van der Waals surface area contributed by atoms with Crippen molar-refractivity contribution in [3.63, 3.8) is 0 Å². The van der Waals surface area contributed by atoms with Gasteiger partial charge in [0, 0.05) is 30.5 Å². The van der Waals surface area contributed by atoms with E-state index < -0.39 is 0 Å². The van der Waals surface area contributed by atoms with Crippen molar-refractivity contribution >= 4 is 29.9 Å². The lowest BCUT2D eigenvalue weighted by atomic mass is 9.46. The Bertz CT molecular complexity index is 398. The molecule has 3 fully saturated rings. The van der Waals surface area contributed by atoms with E-state index in [1.807, 2.05) is 0 Å². The zero-order chi connectivity index (χ0) is 15.4. The zero-order valence-corrected chi connectivity index (χ0v) is 16.9.